The summed E-state index contributed by atoms with van der Waals surface area (Å²) in [5.41, 5.74) is 6.82. The van der Waals surface area contributed by atoms with Gasteiger partial charge in [-0.25, -0.2) is 14.5 Å². The molecule has 0 saturated heterocycles. The first-order chi connectivity index (χ1) is 15.3. The first-order valence-corrected chi connectivity index (χ1v) is 9.81. The Bertz CT molecular complexity index is 1270. The predicted octanol–water partition coefficient (Wildman–Crippen LogP) is 4.86. The molecular weight excluding hydrogens is 423 g/mol. The van der Waals surface area contributed by atoms with Gasteiger partial charge in [0.05, 0.1) is 36.9 Å². The molecule has 2 N–H and O–H groups in total. The van der Waals surface area contributed by atoms with Crippen LogP contribution in [0, 0.1) is 0 Å². The molecule has 0 aliphatic rings. The van der Waals surface area contributed by atoms with Crippen LogP contribution in [0.15, 0.2) is 48.8 Å². The molecular formula is C22H20F3N5O2. The zero-order chi connectivity index (χ0) is 22.9. The number of aromatic nitrogens is 4. The maximum Gasteiger partial charge on any atom is 0.419 e. The van der Waals surface area contributed by atoms with Crippen LogP contribution in [-0.2, 0) is 6.18 Å². The molecule has 0 aliphatic heterocycles. The van der Waals surface area contributed by atoms with Crippen molar-refractivity contribution in [2.75, 3.05) is 19.5 Å². The van der Waals surface area contributed by atoms with Crippen molar-refractivity contribution in [1.82, 2.24) is 19.6 Å². The average molecular weight is 443 g/mol. The van der Waals surface area contributed by atoms with Crippen LogP contribution in [0.25, 0.3) is 28.2 Å². The molecule has 7 nitrogen and oxygen atoms in total. The van der Waals surface area contributed by atoms with Crippen molar-refractivity contribution >= 4 is 11.5 Å². The van der Waals surface area contributed by atoms with Crippen LogP contribution in [0.1, 0.15) is 18.9 Å². The maximum absolute atomic E-state index is 13.2. The summed E-state index contributed by atoms with van der Waals surface area (Å²) in [5, 5.41) is 4.50. The van der Waals surface area contributed by atoms with Gasteiger partial charge in [0.25, 0.3) is 0 Å². The normalized spacial score (nSPS) is 11.7. The lowest BCUT2D eigenvalue weighted by molar-refractivity contribution is -0.137. The van der Waals surface area contributed by atoms with Crippen LogP contribution in [0.5, 0.6) is 11.5 Å². The minimum atomic E-state index is -4.62. The van der Waals surface area contributed by atoms with Crippen molar-refractivity contribution in [1.29, 1.82) is 0 Å². The van der Waals surface area contributed by atoms with Crippen molar-refractivity contribution < 1.29 is 22.6 Å². The Morgan fingerprint density at radius 1 is 1.00 bits per heavy atom. The van der Waals surface area contributed by atoms with Gasteiger partial charge >= 0.3 is 6.18 Å². The number of nitrogen functional groups attached to an aromatic ring is 1. The Labute approximate surface area is 181 Å². The second-order valence-electron chi connectivity index (χ2n) is 7.00. The Balaban J connectivity index is 1.78. The molecule has 32 heavy (non-hydrogen) atoms. The number of methoxy groups -OCH3 is 1. The molecule has 0 atom stereocenters. The molecule has 3 heterocycles. The Hall–Kier alpha value is -3.82. The molecule has 0 fully saturated rings. The van der Waals surface area contributed by atoms with Crippen molar-refractivity contribution in [3.8, 4) is 34.0 Å². The number of anilines is 1. The van der Waals surface area contributed by atoms with Crippen molar-refractivity contribution in [2.45, 2.75) is 19.5 Å². The molecule has 4 aromatic rings. The molecule has 10 heteroatoms. The lowest BCUT2D eigenvalue weighted by atomic mass is 10.1. The number of nitrogens with zero attached hydrogens (tertiary/aromatic N) is 4. The van der Waals surface area contributed by atoms with Crippen LogP contribution in [0.4, 0.5) is 19.0 Å². The molecule has 0 amide bonds. The molecule has 3 aromatic heterocycles. The minimum Gasteiger partial charge on any atom is -0.493 e. The molecule has 0 radical (unpaired) electrons. The standard InChI is InChI=1S/C22H20F3N5O2/c1-3-8-32-18-6-4-13(10-19(18)31-2)17-12-27-20-7-5-16(29-30(17)20)14-9-15(22(23,24)25)21(26)28-11-14/h4-7,9-12H,3,8H2,1-2H3,(H2,26,28). The topological polar surface area (TPSA) is 87.6 Å². The van der Waals surface area contributed by atoms with Crippen LogP contribution in [-0.4, -0.2) is 33.3 Å². The number of imidazole rings is 1. The summed E-state index contributed by atoms with van der Waals surface area (Å²) >= 11 is 0. The fourth-order valence-corrected chi connectivity index (χ4v) is 3.22. The fraction of sp³-hybridized carbons (Fsp3) is 0.227. The van der Waals surface area contributed by atoms with Crippen molar-refractivity contribution in [3.05, 3.63) is 54.4 Å². The highest BCUT2D eigenvalue weighted by molar-refractivity contribution is 5.69. The maximum atomic E-state index is 13.2. The Kier molecular flexibility index (Phi) is 5.60. The summed E-state index contributed by atoms with van der Waals surface area (Å²) in [6, 6.07) is 9.64. The largest absolute Gasteiger partial charge is 0.493 e. The second kappa shape index (κ2) is 8.37. The third kappa shape index (κ3) is 4.03. The van der Waals surface area contributed by atoms with Gasteiger partial charge in [0.15, 0.2) is 17.1 Å². The van der Waals surface area contributed by atoms with E-state index in [-0.39, 0.29) is 5.56 Å². The molecule has 0 aliphatic carbocycles. The van der Waals surface area contributed by atoms with Gasteiger partial charge in [-0.2, -0.15) is 18.3 Å². The van der Waals surface area contributed by atoms with Crippen LogP contribution >= 0.6 is 0 Å². The number of hydrogen-bond acceptors (Lipinski definition) is 6. The molecule has 4 rings (SSSR count). The Morgan fingerprint density at radius 3 is 2.53 bits per heavy atom. The molecule has 1 aromatic carbocycles. The SMILES string of the molecule is CCCOc1ccc(-c2cnc3ccc(-c4cnc(N)c(C(F)(F)F)c4)nn23)cc1OC. The summed E-state index contributed by atoms with van der Waals surface area (Å²) in [4.78, 5) is 8.03. The average Bonchev–Trinajstić information content (AvgIpc) is 3.20. The molecule has 0 spiro atoms. The summed E-state index contributed by atoms with van der Waals surface area (Å²) < 4.78 is 52.4. The van der Waals surface area contributed by atoms with E-state index in [1.165, 1.54) is 6.20 Å². The number of pyridine rings is 1. The van der Waals surface area contributed by atoms with Gasteiger partial charge in [0.2, 0.25) is 0 Å². The van der Waals surface area contributed by atoms with Gasteiger partial charge in [0.1, 0.15) is 5.82 Å². The first-order valence-electron chi connectivity index (χ1n) is 9.81. The molecule has 166 valence electrons. The van der Waals surface area contributed by atoms with E-state index in [0.29, 0.717) is 35.1 Å². The third-order valence-corrected chi connectivity index (χ3v) is 4.80. The van der Waals surface area contributed by atoms with Gasteiger partial charge < -0.3 is 15.2 Å². The van der Waals surface area contributed by atoms with E-state index >= 15 is 0 Å². The minimum absolute atomic E-state index is 0.189. The smallest absolute Gasteiger partial charge is 0.419 e. The number of rotatable bonds is 6. The van der Waals surface area contributed by atoms with Gasteiger partial charge in [0, 0.05) is 17.3 Å². The van der Waals surface area contributed by atoms with E-state index in [1.54, 1.807) is 42.1 Å². The highest BCUT2D eigenvalue weighted by atomic mass is 19.4. The zero-order valence-electron chi connectivity index (χ0n) is 17.3. The highest BCUT2D eigenvalue weighted by Crippen LogP contribution is 2.35. The van der Waals surface area contributed by atoms with Gasteiger partial charge in [-0.15, -0.1) is 0 Å². The lowest BCUT2D eigenvalue weighted by Crippen LogP contribution is -2.10. The number of halogens is 3. The number of fused-ring (bicyclic) bond motifs is 1. The van der Waals surface area contributed by atoms with E-state index in [4.69, 9.17) is 15.2 Å². The van der Waals surface area contributed by atoms with E-state index in [9.17, 15) is 13.2 Å². The van der Waals surface area contributed by atoms with Gasteiger partial charge in [-0.3, -0.25) is 0 Å². The van der Waals surface area contributed by atoms with E-state index < -0.39 is 17.6 Å². The summed E-state index contributed by atoms with van der Waals surface area (Å²) in [5.74, 6) is 0.593. The number of ether oxygens (including phenoxy) is 2. The van der Waals surface area contributed by atoms with Gasteiger partial charge in [-0.05, 0) is 42.8 Å². The van der Waals surface area contributed by atoms with Crippen molar-refractivity contribution in [2.24, 2.45) is 0 Å². The van der Waals surface area contributed by atoms with Crippen LogP contribution in [0.3, 0.4) is 0 Å². The number of alkyl halides is 3. The number of benzene rings is 1. The van der Waals surface area contributed by atoms with E-state index in [0.717, 1.165) is 18.1 Å². The molecule has 0 bridgehead atoms. The lowest BCUT2D eigenvalue weighted by Gasteiger charge is -2.12. The summed E-state index contributed by atoms with van der Waals surface area (Å²) in [6.45, 7) is 2.57. The number of hydrogen-bond donors (Lipinski definition) is 1. The monoisotopic (exact) mass is 443 g/mol. The first kappa shape index (κ1) is 21.4. The van der Waals surface area contributed by atoms with Crippen LogP contribution < -0.4 is 15.2 Å². The predicted molar refractivity (Wildman–Crippen MR) is 113 cm³/mol. The fourth-order valence-electron chi connectivity index (χ4n) is 3.22. The highest BCUT2D eigenvalue weighted by Gasteiger charge is 2.34. The van der Waals surface area contributed by atoms with E-state index in [2.05, 4.69) is 15.1 Å². The Morgan fingerprint density at radius 2 is 1.81 bits per heavy atom. The molecule has 0 saturated carbocycles. The third-order valence-electron chi connectivity index (χ3n) is 4.80. The van der Waals surface area contributed by atoms with Crippen LogP contribution in [0.2, 0.25) is 0 Å². The quantitative estimate of drug-likeness (QED) is 0.458. The van der Waals surface area contributed by atoms with E-state index in [1.807, 2.05) is 13.0 Å². The summed E-state index contributed by atoms with van der Waals surface area (Å²) in [6.07, 6.45) is -0.857. The molecule has 0 unspecified atom stereocenters. The second-order valence-corrected chi connectivity index (χ2v) is 7.00. The number of nitrogens with two attached hydrogens (primary N) is 1. The van der Waals surface area contributed by atoms with Crippen molar-refractivity contribution in [3.63, 3.8) is 0 Å². The van der Waals surface area contributed by atoms with Gasteiger partial charge in [-0.1, -0.05) is 6.92 Å². The summed E-state index contributed by atoms with van der Waals surface area (Å²) in [7, 11) is 1.55. The zero-order valence-corrected chi connectivity index (χ0v) is 17.3.